The van der Waals surface area contributed by atoms with Crippen molar-refractivity contribution in [2.24, 2.45) is 0 Å². The quantitative estimate of drug-likeness (QED) is 0.407. The van der Waals surface area contributed by atoms with E-state index in [1.807, 2.05) is 47.6 Å². The normalized spacial score (nSPS) is 17.3. The Bertz CT molecular complexity index is 369. The van der Waals surface area contributed by atoms with Crippen LogP contribution < -0.4 is 0 Å². The van der Waals surface area contributed by atoms with Gasteiger partial charge in [0.2, 0.25) is 0 Å². The smallest absolute Gasteiger partial charge is 0.399 e. The molecule has 126 valence electrons. The molecule has 0 unspecified atom stereocenters. The number of nitrogens with zero attached hydrogens (tertiary/aromatic N) is 1. The molecule has 0 aliphatic carbocycles. The van der Waals surface area contributed by atoms with Gasteiger partial charge in [0.05, 0.1) is 24.4 Å². The lowest BCUT2D eigenvalue weighted by atomic mass is 9.78. The zero-order valence-corrected chi connectivity index (χ0v) is 15.4. The molecule has 0 bridgehead atoms. The molecule has 0 radical (unpaired) electrons. The molecule has 0 spiro atoms. The summed E-state index contributed by atoms with van der Waals surface area (Å²) in [6.45, 7) is 20.6. The average molecular weight is 311 g/mol. The molecule has 0 atom stereocenters. The van der Waals surface area contributed by atoms with Crippen LogP contribution in [-0.4, -0.2) is 25.5 Å². The predicted octanol–water partition coefficient (Wildman–Crippen LogP) is 5.06. The summed E-state index contributed by atoms with van der Waals surface area (Å²) in [6.07, 6.45) is 5.50. The molecule has 0 N–H and O–H groups in total. The zero-order chi connectivity index (χ0) is 18.4. The number of hydrogen-bond acceptors (Lipinski definition) is 3. The van der Waals surface area contributed by atoms with E-state index in [1.165, 1.54) is 6.92 Å². The fourth-order valence-corrected chi connectivity index (χ4v) is 1.33. The Morgan fingerprint density at radius 3 is 1.55 bits per heavy atom. The third-order valence-corrected chi connectivity index (χ3v) is 3.09. The predicted molar refractivity (Wildman–Crippen MR) is 94.2 cm³/mol. The number of halogens is 1. The highest BCUT2D eigenvalue weighted by molar-refractivity contribution is 6.55. The highest BCUT2D eigenvalue weighted by Crippen LogP contribution is 2.38. The van der Waals surface area contributed by atoms with Crippen LogP contribution >= 0.6 is 0 Å². The minimum atomic E-state index is -0.275. The molecule has 0 aromatic heterocycles. The maximum Gasteiger partial charge on any atom is 0.494 e. The van der Waals surface area contributed by atoms with Gasteiger partial charge in [-0.2, -0.15) is 5.26 Å². The Morgan fingerprint density at radius 1 is 1.09 bits per heavy atom. The van der Waals surface area contributed by atoms with E-state index < -0.39 is 0 Å². The van der Waals surface area contributed by atoms with Crippen molar-refractivity contribution in [2.75, 3.05) is 7.18 Å². The summed E-state index contributed by atoms with van der Waals surface area (Å²) >= 11 is 0. The van der Waals surface area contributed by atoms with Crippen LogP contribution in [0.15, 0.2) is 36.9 Å². The van der Waals surface area contributed by atoms with Crippen molar-refractivity contribution in [3.63, 3.8) is 0 Å². The summed E-state index contributed by atoms with van der Waals surface area (Å²) in [5.74, 6) is 0. The SMILES string of the molecule is C=C/C(=C\C)B1OC(C)(C)C(C)(C)O1.C=CC.CC#N.CF. The average Bonchev–Trinajstić information content (AvgIpc) is 2.64. The van der Waals surface area contributed by atoms with Crippen molar-refractivity contribution in [3.8, 4) is 6.07 Å². The maximum absolute atomic E-state index is 9.50. The molecule has 1 saturated heterocycles. The summed E-state index contributed by atoms with van der Waals surface area (Å²) in [4.78, 5) is 0. The first-order chi connectivity index (χ1) is 10.2. The van der Waals surface area contributed by atoms with Crippen molar-refractivity contribution < 1.29 is 13.7 Å². The van der Waals surface area contributed by atoms with Crippen LogP contribution in [0.1, 0.15) is 48.5 Å². The van der Waals surface area contributed by atoms with Gasteiger partial charge in [0.25, 0.3) is 0 Å². The molecule has 1 rings (SSSR count). The topological polar surface area (TPSA) is 42.2 Å². The number of hydrogen-bond donors (Lipinski definition) is 0. The summed E-state index contributed by atoms with van der Waals surface area (Å²) in [5.41, 5.74) is 0.452. The summed E-state index contributed by atoms with van der Waals surface area (Å²) in [7, 11) is 0.225. The van der Waals surface area contributed by atoms with Crippen LogP contribution in [0.2, 0.25) is 0 Å². The number of rotatable bonds is 2. The summed E-state index contributed by atoms with van der Waals surface area (Å²) in [5, 5.41) is 7.32. The van der Waals surface area contributed by atoms with Crippen LogP contribution in [0, 0.1) is 11.3 Å². The second-order valence-corrected chi connectivity index (χ2v) is 5.21. The third-order valence-electron chi connectivity index (χ3n) is 3.09. The lowest BCUT2D eigenvalue weighted by Gasteiger charge is -2.32. The van der Waals surface area contributed by atoms with Crippen LogP contribution in [0.25, 0.3) is 0 Å². The molecule has 1 aliphatic heterocycles. The Morgan fingerprint density at radius 2 is 1.36 bits per heavy atom. The van der Waals surface area contributed by atoms with E-state index in [0.717, 1.165) is 5.47 Å². The summed E-state index contributed by atoms with van der Waals surface area (Å²) < 4.78 is 21.2. The maximum atomic E-state index is 9.50. The molecule has 0 amide bonds. The molecule has 3 nitrogen and oxygen atoms in total. The number of nitriles is 1. The van der Waals surface area contributed by atoms with Crippen LogP contribution in [-0.2, 0) is 9.31 Å². The van der Waals surface area contributed by atoms with E-state index in [9.17, 15) is 4.39 Å². The first kappa shape index (κ1) is 25.6. The van der Waals surface area contributed by atoms with Gasteiger partial charge in [-0.3, -0.25) is 4.39 Å². The fourth-order valence-electron chi connectivity index (χ4n) is 1.33. The van der Waals surface area contributed by atoms with Crippen LogP contribution in [0.5, 0.6) is 0 Å². The van der Waals surface area contributed by atoms with E-state index in [0.29, 0.717) is 7.18 Å². The lowest BCUT2D eigenvalue weighted by Crippen LogP contribution is -2.41. The standard InChI is InChI=1S/C11H19BO2.C3H6.C2H3N.CH3F/c1-7-9(8-2)12-13-10(3,4)11(5,6)14-12;1-3-2;1-2-3;1-2/h7-8H,1H2,2-6H3;3H,1H2,2H3;1H3;1H3/b9-8+;;;. The third kappa shape index (κ3) is 8.81. The second-order valence-electron chi connectivity index (χ2n) is 5.21. The van der Waals surface area contributed by atoms with Crippen molar-refractivity contribution in [3.05, 3.63) is 36.9 Å². The van der Waals surface area contributed by atoms with Crippen molar-refractivity contribution in [2.45, 2.75) is 59.7 Å². The first-order valence-corrected chi connectivity index (χ1v) is 7.07. The summed E-state index contributed by atoms with van der Waals surface area (Å²) in [6, 6.07) is 1.75. The van der Waals surface area contributed by atoms with E-state index in [4.69, 9.17) is 14.6 Å². The van der Waals surface area contributed by atoms with Crippen LogP contribution in [0.4, 0.5) is 4.39 Å². The van der Waals surface area contributed by atoms with E-state index >= 15 is 0 Å². The van der Waals surface area contributed by atoms with Crippen molar-refractivity contribution in [1.82, 2.24) is 0 Å². The molecular formula is C17H31BFNO2. The largest absolute Gasteiger partial charge is 0.494 e. The van der Waals surface area contributed by atoms with E-state index in [-0.39, 0.29) is 18.3 Å². The van der Waals surface area contributed by atoms with Gasteiger partial charge in [0, 0.05) is 6.92 Å². The highest BCUT2D eigenvalue weighted by Gasteiger charge is 2.51. The van der Waals surface area contributed by atoms with Gasteiger partial charge in [-0.1, -0.05) is 24.8 Å². The number of alkyl halides is 1. The van der Waals surface area contributed by atoms with E-state index in [2.05, 4.69) is 13.2 Å². The Labute approximate surface area is 136 Å². The minimum Gasteiger partial charge on any atom is -0.399 e. The molecule has 5 heteroatoms. The fraction of sp³-hybridized carbons (Fsp3) is 0.588. The lowest BCUT2D eigenvalue weighted by molar-refractivity contribution is 0.00578. The van der Waals surface area contributed by atoms with Gasteiger partial charge in [0.15, 0.2) is 0 Å². The second kappa shape index (κ2) is 13.3. The Balaban J connectivity index is -0.000000382. The van der Waals surface area contributed by atoms with Crippen LogP contribution in [0.3, 0.4) is 0 Å². The molecule has 22 heavy (non-hydrogen) atoms. The molecule has 1 heterocycles. The highest BCUT2D eigenvalue weighted by atomic mass is 19.1. The molecule has 0 saturated carbocycles. The van der Waals surface area contributed by atoms with Gasteiger partial charge in [-0.15, -0.1) is 6.58 Å². The number of allylic oxidation sites excluding steroid dienone is 4. The van der Waals surface area contributed by atoms with E-state index in [1.54, 1.807) is 18.2 Å². The molecule has 0 aromatic carbocycles. The minimum absolute atomic E-state index is 0.269. The van der Waals surface area contributed by atoms with Gasteiger partial charge in [-0.05, 0) is 47.0 Å². The van der Waals surface area contributed by atoms with Gasteiger partial charge < -0.3 is 9.31 Å². The first-order valence-electron chi connectivity index (χ1n) is 7.07. The Kier molecular flexibility index (Phi) is 15.5. The molecule has 0 aromatic rings. The van der Waals surface area contributed by atoms with Gasteiger partial charge in [0.1, 0.15) is 0 Å². The molecular weight excluding hydrogens is 280 g/mol. The monoisotopic (exact) mass is 311 g/mol. The van der Waals surface area contributed by atoms with Crippen molar-refractivity contribution in [1.29, 1.82) is 5.26 Å². The van der Waals surface area contributed by atoms with Gasteiger partial charge >= 0.3 is 7.12 Å². The molecule has 1 aliphatic rings. The Hall–Kier alpha value is -1.38. The molecule has 1 fully saturated rings. The van der Waals surface area contributed by atoms with Crippen molar-refractivity contribution >= 4 is 7.12 Å². The van der Waals surface area contributed by atoms with Gasteiger partial charge in [-0.25, -0.2) is 0 Å². The zero-order valence-electron chi connectivity index (χ0n) is 15.4.